The molecule has 1 aromatic carbocycles. The topological polar surface area (TPSA) is 46.5 Å². The number of carbonyl (C=O) groups excluding carboxylic acids is 1. The molecule has 0 aromatic heterocycles. The van der Waals surface area contributed by atoms with Gasteiger partial charge in [0.1, 0.15) is 11.5 Å². The van der Waals surface area contributed by atoms with Gasteiger partial charge in [-0.05, 0) is 13.0 Å². The van der Waals surface area contributed by atoms with Gasteiger partial charge in [-0.15, -0.1) is 0 Å². The van der Waals surface area contributed by atoms with Gasteiger partial charge in [-0.2, -0.15) is 0 Å². The van der Waals surface area contributed by atoms with Crippen LogP contribution in [0.25, 0.3) is 0 Å². The molecule has 1 unspecified atom stereocenters. The Morgan fingerprint density at radius 2 is 2.06 bits per heavy atom. The highest BCUT2D eigenvalue weighted by molar-refractivity contribution is 5.94. The lowest BCUT2D eigenvalue weighted by Crippen LogP contribution is -2.28. The van der Waals surface area contributed by atoms with Gasteiger partial charge >= 0.3 is 5.97 Å². The molecule has 1 aliphatic heterocycles. The molecule has 2 rings (SSSR count). The molecule has 1 N–H and O–H groups in total. The summed E-state index contributed by atoms with van der Waals surface area (Å²) < 4.78 is 31.0. The third kappa shape index (κ3) is 1.88. The van der Waals surface area contributed by atoms with Crippen molar-refractivity contribution in [2.45, 2.75) is 19.3 Å². The van der Waals surface area contributed by atoms with Crippen LogP contribution in [-0.2, 0) is 4.79 Å². The van der Waals surface area contributed by atoms with Crippen LogP contribution in [0, 0.1) is 0 Å². The number of rotatable bonds is 1. The molecule has 1 atom stereocenters. The van der Waals surface area contributed by atoms with Crippen LogP contribution in [-0.4, -0.2) is 17.5 Å². The van der Waals surface area contributed by atoms with E-state index in [4.69, 9.17) is 4.74 Å². The Hall–Kier alpha value is -1.91. The molecule has 0 saturated carbocycles. The molecule has 1 aliphatic rings. The van der Waals surface area contributed by atoms with Crippen LogP contribution in [0.4, 0.5) is 8.78 Å². The molecule has 0 amide bonds. The summed E-state index contributed by atoms with van der Waals surface area (Å²) in [5, 5.41) is 9.34. The van der Waals surface area contributed by atoms with E-state index in [9.17, 15) is 18.7 Å². The second kappa shape index (κ2) is 4.16. The third-order valence-electron chi connectivity index (χ3n) is 2.63. The van der Waals surface area contributed by atoms with Crippen molar-refractivity contribution < 1.29 is 23.4 Å². The average molecular weight is 240 g/mol. The minimum absolute atomic E-state index is 0.118. The fourth-order valence-corrected chi connectivity index (χ4v) is 1.90. The van der Waals surface area contributed by atoms with E-state index < -0.39 is 24.1 Å². The number of hydrogen-bond acceptors (Lipinski definition) is 3. The SMILES string of the molecule is C/C(O)=C1\C(=O)Oc2ccccc2C1C(F)F. The van der Waals surface area contributed by atoms with Crippen molar-refractivity contribution in [1.29, 1.82) is 0 Å². The summed E-state index contributed by atoms with van der Waals surface area (Å²) in [5.74, 6) is -2.67. The summed E-state index contributed by atoms with van der Waals surface area (Å²) in [4.78, 5) is 11.5. The molecule has 17 heavy (non-hydrogen) atoms. The number of alkyl halides is 2. The maximum absolute atomic E-state index is 13.0. The Bertz CT molecular complexity index is 490. The Balaban J connectivity index is 2.63. The summed E-state index contributed by atoms with van der Waals surface area (Å²) in [6.07, 6.45) is -2.78. The van der Waals surface area contributed by atoms with Gasteiger partial charge in [0.25, 0.3) is 0 Å². The van der Waals surface area contributed by atoms with Crippen molar-refractivity contribution in [3.8, 4) is 5.75 Å². The zero-order chi connectivity index (χ0) is 12.6. The number of aliphatic hydroxyl groups excluding tert-OH is 1. The van der Waals surface area contributed by atoms with Crippen LogP contribution in [0.3, 0.4) is 0 Å². The Morgan fingerprint density at radius 3 is 2.65 bits per heavy atom. The highest BCUT2D eigenvalue weighted by Gasteiger charge is 2.39. The van der Waals surface area contributed by atoms with Crippen LogP contribution in [0.1, 0.15) is 18.4 Å². The standard InChI is InChI=1S/C12H10F2O3/c1-6(15)9-10(11(13)14)7-4-2-3-5-8(7)17-12(9)16/h2-5,10-11,15H,1H3/b9-6+. The van der Waals surface area contributed by atoms with Crippen LogP contribution >= 0.6 is 0 Å². The van der Waals surface area contributed by atoms with Crippen molar-refractivity contribution >= 4 is 5.97 Å². The lowest BCUT2D eigenvalue weighted by molar-refractivity contribution is -0.132. The van der Waals surface area contributed by atoms with Crippen LogP contribution in [0.15, 0.2) is 35.6 Å². The Kier molecular flexibility index (Phi) is 2.83. The van der Waals surface area contributed by atoms with E-state index in [1.165, 1.54) is 19.1 Å². The highest BCUT2D eigenvalue weighted by atomic mass is 19.3. The summed E-state index contributed by atoms with van der Waals surface area (Å²) in [7, 11) is 0. The van der Waals surface area contributed by atoms with Gasteiger partial charge in [0.05, 0.1) is 11.5 Å². The molecular formula is C12H10F2O3. The minimum atomic E-state index is -2.78. The van der Waals surface area contributed by atoms with Crippen molar-refractivity contribution in [2.24, 2.45) is 0 Å². The molecule has 0 spiro atoms. The van der Waals surface area contributed by atoms with Crippen LogP contribution in [0.2, 0.25) is 0 Å². The molecule has 0 bridgehead atoms. The molecular weight excluding hydrogens is 230 g/mol. The van der Waals surface area contributed by atoms with Crippen molar-refractivity contribution in [2.75, 3.05) is 0 Å². The predicted molar refractivity (Wildman–Crippen MR) is 56.2 cm³/mol. The number of esters is 1. The number of halogens is 2. The van der Waals surface area contributed by atoms with Gasteiger partial charge < -0.3 is 9.84 Å². The van der Waals surface area contributed by atoms with Gasteiger partial charge in [-0.3, -0.25) is 0 Å². The first-order valence-corrected chi connectivity index (χ1v) is 5.01. The quantitative estimate of drug-likeness (QED) is 0.355. The second-order valence-electron chi connectivity index (χ2n) is 3.74. The Labute approximate surface area is 96.3 Å². The van der Waals surface area contributed by atoms with Gasteiger partial charge in [-0.1, -0.05) is 18.2 Å². The molecule has 90 valence electrons. The van der Waals surface area contributed by atoms with E-state index in [0.717, 1.165) is 0 Å². The number of ether oxygens (including phenoxy) is 1. The lowest BCUT2D eigenvalue weighted by Gasteiger charge is -2.26. The fourth-order valence-electron chi connectivity index (χ4n) is 1.90. The maximum atomic E-state index is 13.0. The smallest absolute Gasteiger partial charge is 0.343 e. The number of fused-ring (bicyclic) bond motifs is 1. The summed E-state index contributed by atoms with van der Waals surface area (Å²) in [6.45, 7) is 1.19. The largest absolute Gasteiger partial charge is 0.512 e. The molecule has 0 aliphatic carbocycles. The first-order valence-electron chi connectivity index (χ1n) is 5.01. The van der Waals surface area contributed by atoms with Crippen LogP contribution < -0.4 is 4.74 Å². The number of carbonyl (C=O) groups is 1. The van der Waals surface area contributed by atoms with Crippen molar-refractivity contribution in [1.82, 2.24) is 0 Å². The van der Waals surface area contributed by atoms with Crippen molar-refractivity contribution in [3.05, 3.63) is 41.2 Å². The van der Waals surface area contributed by atoms with E-state index >= 15 is 0 Å². The summed E-state index contributed by atoms with van der Waals surface area (Å²) in [6, 6.07) is 6.08. The molecule has 1 heterocycles. The maximum Gasteiger partial charge on any atom is 0.343 e. The van der Waals surface area contributed by atoms with Crippen LogP contribution in [0.5, 0.6) is 5.75 Å². The molecule has 0 saturated heterocycles. The molecule has 0 radical (unpaired) electrons. The summed E-state index contributed by atoms with van der Waals surface area (Å²) in [5.41, 5.74) is -0.163. The van der Waals surface area contributed by atoms with E-state index in [1.807, 2.05) is 0 Å². The van der Waals surface area contributed by atoms with E-state index in [2.05, 4.69) is 0 Å². The third-order valence-corrected chi connectivity index (χ3v) is 2.63. The molecule has 5 heteroatoms. The zero-order valence-electron chi connectivity index (χ0n) is 8.98. The minimum Gasteiger partial charge on any atom is -0.512 e. The number of hydrogen-bond donors (Lipinski definition) is 1. The normalized spacial score (nSPS) is 22.1. The average Bonchev–Trinajstić information content (AvgIpc) is 2.26. The lowest BCUT2D eigenvalue weighted by atomic mass is 9.88. The monoisotopic (exact) mass is 240 g/mol. The predicted octanol–water partition coefficient (Wildman–Crippen LogP) is 2.79. The molecule has 1 aromatic rings. The van der Waals surface area contributed by atoms with Gasteiger partial charge in [0, 0.05) is 5.56 Å². The Morgan fingerprint density at radius 1 is 1.41 bits per heavy atom. The van der Waals surface area contributed by atoms with E-state index in [1.54, 1.807) is 12.1 Å². The van der Waals surface area contributed by atoms with Crippen molar-refractivity contribution in [3.63, 3.8) is 0 Å². The van der Waals surface area contributed by atoms with Gasteiger partial charge in [0.2, 0.25) is 6.43 Å². The zero-order valence-corrected chi connectivity index (χ0v) is 8.98. The fraction of sp³-hybridized carbons (Fsp3) is 0.250. The number of para-hydroxylation sites is 1. The number of aliphatic hydroxyl groups is 1. The van der Waals surface area contributed by atoms with Gasteiger partial charge in [-0.25, -0.2) is 13.6 Å². The van der Waals surface area contributed by atoms with E-state index in [-0.39, 0.29) is 16.9 Å². The van der Waals surface area contributed by atoms with Gasteiger partial charge in [0.15, 0.2) is 0 Å². The summed E-state index contributed by atoms with van der Waals surface area (Å²) >= 11 is 0. The van der Waals surface area contributed by atoms with E-state index in [0.29, 0.717) is 0 Å². The second-order valence-corrected chi connectivity index (χ2v) is 3.74. The molecule has 0 fully saturated rings. The highest BCUT2D eigenvalue weighted by Crippen LogP contribution is 2.41. The first-order chi connectivity index (χ1) is 8.02. The molecule has 3 nitrogen and oxygen atoms in total. The first kappa shape index (κ1) is 11.6. The number of benzene rings is 1. The number of allylic oxidation sites excluding steroid dienone is 1.